The van der Waals surface area contributed by atoms with Crippen molar-refractivity contribution in [2.75, 3.05) is 26.2 Å². The molecule has 0 aliphatic carbocycles. The Hall–Kier alpha value is -1.02. The number of hydrogen-bond donors (Lipinski definition) is 1. The maximum absolute atomic E-state index is 12.4. The SMILES string of the molecule is C[C@@H]1CN(C(=O)OC(C)(C)C)CCN1C[C@@H](O)C(F)(F)F. The lowest BCUT2D eigenvalue weighted by molar-refractivity contribution is -0.210. The van der Waals surface area contributed by atoms with Gasteiger partial charge in [0.05, 0.1) is 0 Å². The number of carbonyl (C=O) groups excluding carboxylic acids is 1. The van der Waals surface area contributed by atoms with E-state index in [0.717, 1.165) is 0 Å². The molecular weight excluding hydrogens is 289 g/mol. The van der Waals surface area contributed by atoms with Crippen molar-refractivity contribution < 1.29 is 27.8 Å². The lowest BCUT2D eigenvalue weighted by Gasteiger charge is -2.40. The molecule has 0 aromatic rings. The van der Waals surface area contributed by atoms with Crippen molar-refractivity contribution in [2.45, 2.75) is 51.6 Å². The first-order valence-electron chi connectivity index (χ1n) is 6.87. The molecule has 0 spiro atoms. The van der Waals surface area contributed by atoms with Crippen LogP contribution in [0.1, 0.15) is 27.7 Å². The lowest BCUT2D eigenvalue weighted by Crippen LogP contribution is -2.57. The molecule has 21 heavy (non-hydrogen) atoms. The van der Waals surface area contributed by atoms with E-state index in [1.165, 1.54) is 9.80 Å². The van der Waals surface area contributed by atoms with Crippen LogP contribution in [0.4, 0.5) is 18.0 Å². The molecule has 124 valence electrons. The van der Waals surface area contributed by atoms with Crippen molar-refractivity contribution in [2.24, 2.45) is 0 Å². The first kappa shape index (κ1) is 18.0. The number of aliphatic hydroxyl groups excluding tert-OH is 1. The third-order valence-electron chi connectivity index (χ3n) is 3.20. The minimum atomic E-state index is -4.62. The Bertz CT molecular complexity index is 369. The van der Waals surface area contributed by atoms with Gasteiger partial charge in [0.2, 0.25) is 0 Å². The van der Waals surface area contributed by atoms with E-state index >= 15 is 0 Å². The molecule has 0 aromatic carbocycles. The molecule has 5 nitrogen and oxygen atoms in total. The third-order valence-corrected chi connectivity index (χ3v) is 3.20. The lowest BCUT2D eigenvalue weighted by atomic mass is 10.1. The maximum Gasteiger partial charge on any atom is 0.415 e. The Balaban J connectivity index is 2.53. The predicted octanol–water partition coefficient (Wildman–Crippen LogP) is 1.85. The summed E-state index contributed by atoms with van der Waals surface area (Å²) in [7, 11) is 0. The summed E-state index contributed by atoms with van der Waals surface area (Å²) in [5, 5.41) is 9.11. The zero-order chi connectivity index (χ0) is 16.4. The number of carbonyl (C=O) groups is 1. The van der Waals surface area contributed by atoms with Gasteiger partial charge in [-0.2, -0.15) is 13.2 Å². The highest BCUT2D eigenvalue weighted by Crippen LogP contribution is 2.22. The zero-order valence-corrected chi connectivity index (χ0v) is 12.8. The molecule has 1 fully saturated rings. The maximum atomic E-state index is 12.4. The smallest absolute Gasteiger partial charge is 0.415 e. The minimum absolute atomic E-state index is 0.271. The van der Waals surface area contributed by atoms with E-state index in [-0.39, 0.29) is 25.7 Å². The number of hydrogen-bond acceptors (Lipinski definition) is 4. The van der Waals surface area contributed by atoms with Gasteiger partial charge in [-0.15, -0.1) is 0 Å². The first-order chi connectivity index (χ1) is 9.40. The van der Waals surface area contributed by atoms with Crippen molar-refractivity contribution in [3.63, 3.8) is 0 Å². The molecule has 1 N–H and O–H groups in total. The third kappa shape index (κ3) is 5.70. The fourth-order valence-corrected chi connectivity index (χ4v) is 2.08. The van der Waals surface area contributed by atoms with Gasteiger partial charge in [-0.05, 0) is 27.7 Å². The van der Waals surface area contributed by atoms with Gasteiger partial charge in [-0.3, -0.25) is 4.90 Å². The molecule has 0 bridgehead atoms. The fourth-order valence-electron chi connectivity index (χ4n) is 2.08. The highest BCUT2D eigenvalue weighted by atomic mass is 19.4. The molecule has 1 amide bonds. The van der Waals surface area contributed by atoms with Gasteiger partial charge in [-0.1, -0.05) is 0 Å². The Morgan fingerprint density at radius 2 is 1.90 bits per heavy atom. The van der Waals surface area contributed by atoms with Gasteiger partial charge in [0.15, 0.2) is 6.10 Å². The van der Waals surface area contributed by atoms with E-state index in [4.69, 9.17) is 9.84 Å². The summed E-state index contributed by atoms with van der Waals surface area (Å²) in [6.07, 6.45) is -7.46. The number of amides is 1. The van der Waals surface area contributed by atoms with E-state index in [2.05, 4.69) is 0 Å². The van der Waals surface area contributed by atoms with Crippen LogP contribution in [0.5, 0.6) is 0 Å². The summed E-state index contributed by atoms with van der Waals surface area (Å²) in [6.45, 7) is 7.34. The molecule has 8 heteroatoms. The highest BCUT2D eigenvalue weighted by Gasteiger charge is 2.41. The van der Waals surface area contributed by atoms with Gasteiger partial charge in [0.25, 0.3) is 0 Å². The van der Waals surface area contributed by atoms with Crippen LogP contribution in [-0.2, 0) is 4.74 Å². The fraction of sp³-hybridized carbons (Fsp3) is 0.923. The Labute approximate surface area is 122 Å². The van der Waals surface area contributed by atoms with E-state index in [1.807, 2.05) is 0 Å². The molecule has 0 radical (unpaired) electrons. The summed E-state index contributed by atoms with van der Waals surface area (Å²) < 4.78 is 42.3. The minimum Gasteiger partial charge on any atom is -0.444 e. The molecule has 2 atom stereocenters. The van der Waals surface area contributed by atoms with Crippen LogP contribution in [-0.4, -0.2) is 71.1 Å². The van der Waals surface area contributed by atoms with Crippen LogP contribution in [0.2, 0.25) is 0 Å². The summed E-state index contributed by atoms with van der Waals surface area (Å²) in [5.41, 5.74) is -0.607. The van der Waals surface area contributed by atoms with E-state index < -0.39 is 30.5 Å². The second-order valence-corrected chi connectivity index (χ2v) is 6.33. The van der Waals surface area contributed by atoms with Crippen molar-refractivity contribution >= 4 is 6.09 Å². The molecule has 1 heterocycles. The average Bonchev–Trinajstić information content (AvgIpc) is 2.28. The second kappa shape index (κ2) is 6.39. The van der Waals surface area contributed by atoms with Gasteiger partial charge >= 0.3 is 12.3 Å². The number of rotatable bonds is 2. The van der Waals surface area contributed by atoms with Gasteiger partial charge in [0, 0.05) is 32.2 Å². The van der Waals surface area contributed by atoms with E-state index in [1.54, 1.807) is 27.7 Å². The normalized spacial score (nSPS) is 23.0. The van der Waals surface area contributed by atoms with Gasteiger partial charge < -0.3 is 14.7 Å². The number of ether oxygens (including phenoxy) is 1. The molecule has 1 aliphatic heterocycles. The van der Waals surface area contributed by atoms with Crippen molar-refractivity contribution in [1.82, 2.24) is 9.80 Å². The quantitative estimate of drug-likeness (QED) is 0.845. The molecule has 0 aromatic heterocycles. The Morgan fingerprint density at radius 3 is 2.33 bits per heavy atom. The topological polar surface area (TPSA) is 53.0 Å². The summed E-state index contributed by atoms with van der Waals surface area (Å²) in [5.74, 6) is 0. The summed E-state index contributed by atoms with van der Waals surface area (Å²) in [4.78, 5) is 14.9. The van der Waals surface area contributed by atoms with Gasteiger partial charge in [0.1, 0.15) is 5.60 Å². The van der Waals surface area contributed by atoms with Crippen LogP contribution in [0.3, 0.4) is 0 Å². The second-order valence-electron chi connectivity index (χ2n) is 6.33. The van der Waals surface area contributed by atoms with Crippen molar-refractivity contribution in [3.05, 3.63) is 0 Å². The number of alkyl halides is 3. The summed E-state index contributed by atoms with van der Waals surface area (Å²) >= 11 is 0. The van der Waals surface area contributed by atoms with Crippen LogP contribution < -0.4 is 0 Å². The molecular formula is C13H23F3N2O3. The number of aliphatic hydroxyl groups is 1. The van der Waals surface area contributed by atoms with Gasteiger partial charge in [-0.25, -0.2) is 4.79 Å². The van der Waals surface area contributed by atoms with Crippen molar-refractivity contribution in [3.8, 4) is 0 Å². The predicted molar refractivity (Wildman–Crippen MR) is 70.9 cm³/mol. The molecule has 0 unspecified atom stereocenters. The van der Waals surface area contributed by atoms with Crippen LogP contribution in [0.25, 0.3) is 0 Å². The summed E-state index contributed by atoms with van der Waals surface area (Å²) in [6, 6.07) is -0.275. The van der Waals surface area contributed by atoms with Crippen LogP contribution in [0.15, 0.2) is 0 Å². The van der Waals surface area contributed by atoms with E-state index in [9.17, 15) is 18.0 Å². The van der Waals surface area contributed by atoms with Crippen LogP contribution in [0, 0.1) is 0 Å². The molecule has 1 aliphatic rings. The largest absolute Gasteiger partial charge is 0.444 e. The van der Waals surface area contributed by atoms with Crippen molar-refractivity contribution in [1.29, 1.82) is 0 Å². The monoisotopic (exact) mass is 312 g/mol. The van der Waals surface area contributed by atoms with E-state index in [0.29, 0.717) is 0 Å². The molecule has 1 rings (SSSR count). The van der Waals surface area contributed by atoms with Crippen LogP contribution >= 0.6 is 0 Å². The molecule has 1 saturated heterocycles. The highest BCUT2D eigenvalue weighted by molar-refractivity contribution is 5.68. The number of piperazine rings is 1. The standard InChI is InChI=1S/C13H23F3N2O3/c1-9-7-18(11(20)21-12(2,3)4)6-5-17(9)8-10(19)13(14,15)16/h9-10,19H,5-8H2,1-4H3/t9-,10-/m1/s1. The number of halogens is 3. The first-order valence-corrected chi connectivity index (χ1v) is 6.87. The number of nitrogens with zero attached hydrogens (tertiary/aromatic N) is 2. The number of β-amino-alcohol motifs (C(OH)–C–C–N with tert-alkyl or cyclic N) is 1. The average molecular weight is 312 g/mol. The zero-order valence-electron chi connectivity index (χ0n) is 12.8. The Kier molecular flexibility index (Phi) is 5.49. The Morgan fingerprint density at radius 1 is 1.33 bits per heavy atom. The molecule has 0 saturated carbocycles.